The van der Waals surface area contributed by atoms with Crippen molar-refractivity contribution in [2.45, 2.75) is 19.1 Å². The van der Waals surface area contributed by atoms with E-state index in [9.17, 15) is 18.0 Å². The number of aliphatic carboxylic acids is 1. The fourth-order valence-corrected chi connectivity index (χ4v) is 2.48. The van der Waals surface area contributed by atoms with Crippen LogP contribution in [0, 0.1) is 0 Å². The molecule has 0 aromatic carbocycles. The van der Waals surface area contributed by atoms with E-state index in [1.54, 1.807) is 0 Å². The summed E-state index contributed by atoms with van der Waals surface area (Å²) in [5.41, 5.74) is 0. The topological polar surface area (TPSA) is 101 Å². The summed E-state index contributed by atoms with van der Waals surface area (Å²) < 4.78 is 28.5. The molecule has 0 aliphatic carbocycles. The van der Waals surface area contributed by atoms with Crippen LogP contribution < -0.4 is 0 Å². The summed E-state index contributed by atoms with van der Waals surface area (Å²) in [5.74, 6) is -2.19. The third-order valence-corrected chi connectivity index (χ3v) is 4.20. The smallest absolute Gasteiger partial charge is 0.325 e. The van der Waals surface area contributed by atoms with Crippen LogP contribution in [0.5, 0.6) is 0 Å². The van der Waals surface area contributed by atoms with Gasteiger partial charge in [0.1, 0.15) is 6.54 Å². The summed E-state index contributed by atoms with van der Waals surface area (Å²) >= 11 is 0. The molecule has 0 spiro atoms. The number of nitrogens with zero attached hydrogens (tertiary/aromatic N) is 1. The van der Waals surface area contributed by atoms with Gasteiger partial charge in [-0.1, -0.05) is 6.92 Å². The number of carbonyl (C=O) groups is 2. The number of methoxy groups -OCH3 is 1. The Kier molecular flexibility index (Phi) is 5.39. The normalized spacial score (nSPS) is 13.5. The van der Waals surface area contributed by atoms with Gasteiger partial charge >= 0.3 is 11.9 Å². The Morgan fingerprint density at radius 3 is 2.25 bits per heavy atom. The average Bonchev–Trinajstić information content (AvgIpc) is 2.22. The minimum atomic E-state index is -3.98. The Hall–Kier alpha value is -1.15. The van der Waals surface area contributed by atoms with Crippen LogP contribution in [0.25, 0.3) is 0 Å². The summed E-state index contributed by atoms with van der Waals surface area (Å²) in [4.78, 5) is 21.5. The standard InChI is InChI=1S/C8H15NO6S/c1-4-9(5-7(10)11)16(13,14)6(2)8(12)15-3/h6H,4-5H2,1-3H3,(H,10,11). The van der Waals surface area contributed by atoms with E-state index in [-0.39, 0.29) is 6.54 Å². The molecule has 0 aliphatic heterocycles. The summed E-state index contributed by atoms with van der Waals surface area (Å²) in [6, 6.07) is 0. The number of esters is 1. The quantitative estimate of drug-likeness (QED) is 0.627. The van der Waals surface area contributed by atoms with Gasteiger partial charge in [0.25, 0.3) is 0 Å². The first-order valence-electron chi connectivity index (χ1n) is 4.55. The maximum atomic E-state index is 11.8. The predicted octanol–water partition coefficient (Wildman–Crippen LogP) is -0.716. The van der Waals surface area contributed by atoms with Crippen molar-refractivity contribution < 1.29 is 27.9 Å². The molecule has 94 valence electrons. The zero-order valence-electron chi connectivity index (χ0n) is 9.34. The molecule has 0 fully saturated rings. The minimum Gasteiger partial charge on any atom is -0.480 e. The maximum absolute atomic E-state index is 11.8. The van der Waals surface area contributed by atoms with Crippen LogP contribution in [0.2, 0.25) is 0 Å². The Balaban J connectivity index is 5.00. The Bertz CT molecular complexity index is 363. The Morgan fingerprint density at radius 2 is 1.94 bits per heavy atom. The van der Waals surface area contributed by atoms with Gasteiger partial charge < -0.3 is 9.84 Å². The number of carbonyl (C=O) groups excluding carboxylic acids is 1. The van der Waals surface area contributed by atoms with Gasteiger partial charge in [-0.3, -0.25) is 9.59 Å². The van der Waals surface area contributed by atoms with E-state index >= 15 is 0 Å². The molecule has 0 aromatic heterocycles. The van der Waals surface area contributed by atoms with Gasteiger partial charge in [-0.05, 0) is 6.92 Å². The summed E-state index contributed by atoms with van der Waals surface area (Å²) in [6.07, 6.45) is 0. The number of carboxylic acid groups (broad SMARTS) is 1. The lowest BCUT2D eigenvalue weighted by molar-refractivity contribution is -0.140. The molecule has 0 aliphatic rings. The second kappa shape index (κ2) is 5.80. The van der Waals surface area contributed by atoms with E-state index in [1.807, 2.05) is 0 Å². The maximum Gasteiger partial charge on any atom is 0.325 e. The second-order valence-corrected chi connectivity index (χ2v) is 5.28. The van der Waals surface area contributed by atoms with E-state index in [0.717, 1.165) is 18.3 Å². The number of sulfonamides is 1. The number of rotatable bonds is 6. The van der Waals surface area contributed by atoms with E-state index in [0.29, 0.717) is 0 Å². The van der Waals surface area contributed by atoms with Crippen molar-refractivity contribution in [1.29, 1.82) is 0 Å². The lowest BCUT2D eigenvalue weighted by Crippen LogP contribution is -2.43. The molecule has 0 saturated heterocycles. The van der Waals surface area contributed by atoms with E-state index in [4.69, 9.17) is 5.11 Å². The highest BCUT2D eigenvalue weighted by Crippen LogP contribution is 2.09. The molecule has 0 rings (SSSR count). The van der Waals surface area contributed by atoms with Crippen LogP contribution in [0.4, 0.5) is 0 Å². The third kappa shape index (κ3) is 3.46. The van der Waals surface area contributed by atoms with Crippen LogP contribution in [0.3, 0.4) is 0 Å². The second-order valence-electron chi connectivity index (χ2n) is 3.03. The molecular formula is C8H15NO6S. The summed E-state index contributed by atoms with van der Waals surface area (Å²) in [7, 11) is -2.91. The van der Waals surface area contributed by atoms with Crippen LogP contribution in [-0.4, -0.2) is 55.2 Å². The number of ether oxygens (including phenoxy) is 1. The molecule has 0 aromatic rings. The van der Waals surface area contributed by atoms with E-state index in [1.165, 1.54) is 6.92 Å². The van der Waals surface area contributed by atoms with Crippen molar-refractivity contribution in [2.75, 3.05) is 20.2 Å². The molecule has 16 heavy (non-hydrogen) atoms. The van der Waals surface area contributed by atoms with Gasteiger partial charge in [0.2, 0.25) is 10.0 Å². The van der Waals surface area contributed by atoms with Crippen molar-refractivity contribution in [2.24, 2.45) is 0 Å². The highest BCUT2D eigenvalue weighted by Gasteiger charge is 2.34. The van der Waals surface area contributed by atoms with Gasteiger partial charge in [0.15, 0.2) is 5.25 Å². The van der Waals surface area contributed by atoms with Gasteiger partial charge in [-0.15, -0.1) is 0 Å². The number of carboxylic acids is 1. The first-order chi connectivity index (χ1) is 7.27. The van der Waals surface area contributed by atoms with Crippen molar-refractivity contribution in [3.63, 3.8) is 0 Å². The zero-order valence-corrected chi connectivity index (χ0v) is 10.2. The molecule has 1 unspecified atom stereocenters. The molecule has 0 bridgehead atoms. The zero-order chi connectivity index (χ0) is 12.9. The van der Waals surface area contributed by atoms with E-state index in [2.05, 4.69) is 4.74 Å². The van der Waals surface area contributed by atoms with Crippen molar-refractivity contribution >= 4 is 22.0 Å². The fourth-order valence-electron chi connectivity index (χ4n) is 1.04. The highest BCUT2D eigenvalue weighted by molar-refractivity contribution is 7.90. The van der Waals surface area contributed by atoms with Crippen LogP contribution in [0.15, 0.2) is 0 Å². The fraction of sp³-hybridized carbons (Fsp3) is 0.750. The Morgan fingerprint density at radius 1 is 1.44 bits per heavy atom. The highest BCUT2D eigenvalue weighted by atomic mass is 32.2. The average molecular weight is 253 g/mol. The molecule has 7 nitrogen and oxygen atoms in total. The van der Waals surface area contributed by atoms with Crippen molar-refractivity contribution in [3.8, 4) is 0 Å². The third-order valence-electron chi connectivity index (χ3n) is 2.00. The van der Waals surface area contributed by atoms with Crippen LogP contribution >= 0.6 is 0 Å². The molecule has 0 amide bonds. The monoisotopic (exact) mass is 253 g/mol. The van der Waals surface area contributed by atoms with Gasteiger partial charge in [0.05, 0.1) is 7.11 Å². The molecular weight excluding hydrogens is 238 g/mol. The largest absolute Gasteiger partial charge is 0.480 e. The number of hydrogen-bond acceptors (Lipinski definition) is 5. The molecule has 0 radical (unpaired) electrons. The first-order valence-corrected chi connectivity index (χ1v) is 6.06. The molecule has 0 saturated carbocycles. The van der Waals surface area contributed by atoms with Gasteiger partial charge in [-0.2, -0.15) is 4.31 Å². The molecule has 1 N–H and O–H groups in total. The lowest BCUT2D eigenvalue weighted by Gasteiger charge is -2.21. The first kappa shape index (κ1) is 14.8. The number of likely N-dealkylation sites (N-methyl/N-ethyl adjacent to an activating group) is 1. The molecule has 0 heterocycles. The summed E-state index contributed by atoms with van der Waals surface area (Å²) in [5, 5.41) is 7.13. The van der Waals surface area contributed by atoms with E-state index < -0.39 is 33.8 Å². The van der Waals surface area contributed by atoms with Gasteiger partial charge in [-0.25, -0.2) is 8.42 Å². The molecule has 1 atom stereocenters. The molecule has 8 heteroatoms. The summed E-state index contributed by atoms with van der Waals surface area (Å²) in [6.45, 7) is 1.96. The lowest BCUT2D eigenvalue weighted by atomic mass is 10.5. The van der Waals surface area contributed by atoms with Crippen LogP contribution in [0.1, 0.15) is 13.8 Å². The Labute approximate surface area is 94.0 Å². The number of hydrogen-bond donors (Lipinski definition) is 1. The van der Waals surface area contributed by atoms with Crippen molar-refractivity contribution in [3.05, 3.63) is 0 Å². The SMILES string of the molecule is CCN(CC(=O)O)S(=O)(=O)C(C)C(=O)OC. The van der Waals surface area contributed by atoms with Gasteiger partial charge in [0, 0.05) is 6.54 Å². The predicted molar refractivity (Wildman–Crippen MR) is 55.3 cm³/mol. The van der Waals surface area contributed by atoms with Crippen LogP contribution in [-0.2, 0) is 24.3 Å². The minimum absolute atomic E-state index is 0.0179. The van der Waals surface area contributed by atoms with Crippen molar-refractivity contribution in [1.82, 2.24) is 4.31 Å².